The summed E-state index contributed by atoms with van der Waals surface area (Å²) in [5.74, 6) is 2.95. The van der Waals surface area contributed by atoms with Gasteiger partial charge in [0.25, 0.3) is 0 Å². The maximum absolute atomic E-state index is 12.2. The molecular formula is C102H209N5O11S2. The van der Waals surface area contributed by atoms with E-state index >= 15 is 0 Å². The number of nitrogens with zero attached hydrogens (tertiary/aromatic N) is 3. The van der Waals surface area contributed by atoms with Crippen molar-refractivity contribution in [2.75, 3.05) is 12.3 Å². The molecule has 2 N–H and O–H groups in total. The number of ketones is 2. The summed E-state index contributed by atoms with van der Waals surface area (Å²) in [6.07, 6.45) is 9.40. The quantitative estimate of drug-likeness (QED) is 0.140. The van der Waals surface area contributed by atoms with Gasteiger partial charge >= 0.3 is 0 Å². The van der Waals surface area contributed by atoms with Crippen molar-refractivity contribution in [1.29, 1.82) is 5.26 Å². The van der Waals surface area contributed by atoms with Gasteiger partial charge in [-0.25, -0.2) is 21.6 Å². The minimum absolute atomic E-state index is 0.0220. The number of Topliss-reactive ketones (excluding diaryl/α,β-unsaturated/α-hetero) is 2. The molecule has 0 bridgehead atoms. The number of rotatable bonds is 8. The van der Waals surface area contributed by atoms with Gasteiger partial charge < -0.3 is 19.7 Å². The first-order chi connectivity index (χ1) is 51.3. The van der Waals surface area contributed by atoms with Crippen LogP contribution in [0.2, 0.25) is 0 Å². The van der Waals surface area contributed by atoms with E-state index in [2.05, 4.69) is 248 Å². The van der Waals surface area contributed by atoms with E-state index in [9.17, 15) is 45.6 Å². The number of hydrogen-bond donors (Lipinski definition) is 2. The number of carbonyl (C=O) groups is 4. The average Bonchev–Trinajstić information content (AvgIpc) is 0.886. The standard InChI is InChI=1S/C14H22O2.C13H25NO.C10H20O.C9H19NO.C9H20O2S.C9H20.C8H14N2.C8H19NO2S.C7H14O.C7H16O.2C4H10/c1-13(2,3)7-9-10(8-14(4,5)6)12(16)11(9)15;1-12(2,3)10-8-7-9-14(10)11(15)13(4,5)6;1-9(2,3)7-8(11)10(4,5)6;1-8(2,3)7(11)10-9(4,5)6;1-8(2,3)7-12(10,11)9(4,5)6;1-8(2,3)7-9(4,5)6;1-7(10-6-9)5-8(2,3)4;1-7(2,3)9-12(10,11)8(4,5)6;1-6(8)5-7(2,3)4;1-6(2)8-7(3,4)5;2*1-4(2)3/h7-8H2,1-6H3;10H,7-9H2,1-6H3;7H2,1-6H3;1-6H3,(H,10,11);7H2,1-6H3;7H2,1-6H3;5H2,1-4H3;9H,1-6H3;5H2,1-4H3;6H,1-5H3;2*4H,1-3H3. The first-order valence-corrected chi connectivity index (χ1v) is 47.7. The van der Waals surface area contributed by atoms with Gasteiger partial charge in [0.05, 0.1) is 27.0 Å². The monoisotopic (exact) mass is 1740 g/mol. The Hall–Kier alpha value is -3.66. The van der Waals surface area contributed by atoms with Crippen LogP contribution in [-0.2, 0) is 56.6 Å². The van der Waals surface area contributed by atoms with Gasteiger partial charge in [0.2, 0.25) is 38.9 Å². The Balaban J connectivity index is -0.000000139. The van der Waals surface area contributed by atoms with Crippen LogP contribution >= 0.6 is 0 Å². The molecule has 1 aromatic rings. The molecule has 0 spiro atoms. The predicted octanol–water partition coefficient (Wildman–Crippen LogP) is 27.6. The van der Waals surface area contributed by atoms with E-state index in [1.165, 1.54) is 6.42 Å². The topological polar surface area (TPSA) is 243 Å². The number of amides is 2. The minimum atomic E-state index is -3.21. The molecule has 1 unspecified atom stereocenters. The maximum Gasteiger partial charge on any atom is 0.229 e. The van der Waals surface area contributed by atoms with Crippen molar-refractivity contribution in [3.63, 3.8) is 0 Å². The second kappa shape index (κ2) is 53.8. The van der Waals surface area contributed by atoms with E-state index in [0.717, 1.165) is 54.5 Å². The zero-order valence-electron chi connectivity index (χ0n) is 91.5. The fourth-order valence-electron chi connectivity index (χ4n) is 10.8. The number of nitrogens with one attached hydrogen (secondary N) is 2. The van der Waals surface area contributed by atoms with E-state index in [0.29, 0.717) is 60.3 Å². The van der Waals surface area contributed by atoms with Crippen LogP contribution in [0.25, 0.3) is 0 Å². The molecule has 2 amide bonds. The minimum Gasteiger partial charge on any atom is -0.373 e. The molecule has 720 valence electrons. The number of hydrogen-bond acceptors (Lipinski definition) is 13. The van der Waals surface area contributed by atoms with E-state index in [4.69, 9.17) is 10.00 Å². The third kappa shape index (κ3) is 95.0. The third-order valence-electron chi connectivity index (χ3n) is 14.6. The normalized spacial score (nSPS) is 14.4. The second-order valence-corrected chi connectivity index (χ2v) is 59.0. The Kier molecular flexibility index (Phi) is 61.4. The van der Waals surface area contributed by atoms with Gasteiger partial charge in [-0.2, -0.15) is 10.3 Å². The van der Waals surface area contributed by atoms with Crippen molar-refractivity contribution in [2.24, 2.45) is 81.8 Å². The molecule has 1 atom stereocenters. The van der Waals surface area contributed by atoms with E-state index in [1.54, 1.807) is 54.7 Å². The van der Waals surface area contributed by atoms with Gasteiger partial charge in [-0.15, -0.1) is 0 Å². The molecule has 2 rings (SSSR count). The van der Waals surface area contributed by atoms with Crippen molar-refractivity contribution >= 4 is 49.0 Å². The first kappa shape index (κ1) is 137. The Morgan fingerprint density at radius 2 is 0.775 bits per heavy atom. The molecule has 1 aliphatic rings. The molecule has 1 heterocycles. The highest BCUT2D eigenvalue weighted by atomic mass is 32.2. The van der Waals surface area contributed by atoms with Crippen LogP contribution in [0.3, 0.4) is 0 Å². The smallest absolute Gasteiger partial charge is 0.229 e. The van der Waals surface area contributed by atoms with Gasteiger partial charge in [0.1, 0.15) is 11.6 Å². The SMILES string of the molecule is CC(=O)CC(C)(C)C.CC(C)(C)C(=O)N1CCCC1C(C)(C)C.CC(C)(C)CC(=O)C(C)(C)C.CC(C)(C)CC(C)(C)C.CC(C)(C)CS(=O)(=O)C(C)(C)C.CC(C)(C)Cc1c(CC(C)(C)C)c(=O)c1=O.CC(C)(C)NC(=O)C(C)(C)C.CC(C)(C)NS(=O)(=O)C(C)(C)C.CC(C)C.CC(C)C.CC(C)OC(C)(C)C.CC(CC(C)(C)C)=NC#N. The molecular weight excluding hydrogens is 1540 g/mol. The summed E-state index contributed by atoms with van der Waals surface area (Å²) in [7, 11) is -6.16. The molecule has 0 radical (unpaired) electrons. The van der Waals surface area contributed by atoms with Crippen molar-refractivity contribution in [2.45, 2.75) is 512 Å². The van der Waals surface area contributed by atoms with Crippen LogP contribution in [-0.4, -0.2) is 101 Å². The lowest BCUT2D eigenvalue weighted by Crippen LogP contribution is -2.48. The highest BCUT2D eigenvalue weighted by molar-refractivity contribution is 7.92. The van der Waals surface area contributed by atoms with E-state index in [1.807, 2.05) is 145 Å². The summed E-state index contributed by atoms with van der Waals surface area (Å²) in [5, 5.41) is 11.1. The zero-order valence-corrected chi connectivity index (χ0v) is 93.2. The Labute approximate surface area is 749 Å². The fourth-order valence-corrected chi connectivity index (χ4v) is 13.5. The van der Waals surface area contributed by atoms with Crippen LogP contribution in [0.5, 0.6) is 0 Å². The first-order valence-electron chi connectivity index (χ1n) is 44.6. The molecule has 1 saturated heterocycles. The van der Waals surface area contributed by atoms with Crippen LogP contribution in [0.4, 0.5) is 0 Å². The lowest BCUT2D eigenvalue weighted by atomic mass is 9.78. The molecule has 0 aromatic heterocycles. The number of sulfonamides is 1. The van der Waals surface area contributed by atoms with E-state index in [-0.39, 0.29) is 93.6 Å². The molecule has 1 aliphatic heterocycles. The number of ether oxygens (including phenoxy) is 1. The molecule has 120 heavy (non-hydrogen) atoms. The largest absolute Gasteiger partial charge is 0.373 e. The molecule has 18 heteroatoms. The number of sulfone groups is 1. The summed E-state index contributed by atoms with van der Waals surface area (Å²) in [5.41, 5.74) is 2.45. The Morgan fingerprint density at radius 1 is 0.450 bits per heavy atom. The maximum atomic E-state index is 12.2. The number of nitriles is 1. The van der Waals surface area contributed by atoms with Crippen molar-refractivity contribution in [1.82, 2.24) is 14.9 Å². The van der Waals surface area contributed by atoms with E-state index < -0.39 is 34.9 Å². The Bertz CT molecular complexity index is 3230. The zero-order chi connectivity index (χ0) is 100. The van der Waals surface area contributed by atoms with Gasteiger partial charge in [-0.05, 0) is 231 Å². The van der Waals surface area contributed by atoms with Crippen LogP contribution in [0, 0.1) is 88.3 Å². The lowest BCUT2D eigenvalue weighted by molar-refractivity contribution is -0.142. The van der Waals surface area contributed by atoms with Gasteiger partial charge in [-0.1, -0.05) is 291 Å². The Morgan fingerprint density at radius 3 is 0.908 bits per heavy atom. The van der Waals surface area contributed by atoms with Gasteiger partial charge in [-0.3, -0.25) is 24.0 Å². The summed E-state index contributed by atoms with van der Waals surface area (Å²) in [6.45, 7) is 125. The molecule has 1 fully saturated rings. The number of likely N-dealkylation sites (tertiary alicyclic amines) is 1. The van der Waals surface area contributed by atoms with Crippen molar-refractivity contribution in [3.8, 4) is 6.19 Å². The third-order valence-corrected chi connectivity index (χ3v) is 20.2. The fraction of sp³-hybridized carbons (Fsp3) is 0.902. The highest BCUT2D eigenvalue weighted by Crippen LogP contribution is 2.36. The van der Waals surface area contributed by atoms with Crippen molar-refractivity contribution < 1.29 is 40.8 Å². The molecule has 0 saturated carbocycles. The number of aliphatic imine (C=N–C) groups is 1. The lowest BCUT2D eigenvalue weighted by Gasteiger charge is -2.38. The molecule has 1 aromatic carbocycles. The summed E-state index contributed by atoms with van der Waals surface area (Å²) in [4.78, 5) is 74.3. The highest BCUT2D eigenvalue weighted by Gasteiger charge is 2.41. The predicted molar refractivity (Wildman–Crippen MR) is 530 cm³/mol. The van der Waals surface area contributed by atoms with Crippen molar-refractivity contribution in [3.05, 3.63) is 31.6 Å². The van der Waals surface area contributed by atoms with Gasteiger partial charge in [0.15, 0.2) is 9.84 Å². The van der Waals surface area contributed by atoms with Crippen LogP contribution in [0.15, 0.2) is 14.6 Å². The summed E-state index contributed by atoms with van der Waals surface area (Å²) >= 11 is 0. The summed E-state index contributed by atoms with van der Waals surface area (Å²) < 4.78 is 53.1. The molecule has 16 nitrogen and oxygen atoms in total. The average molecular weight is 1750 g/mol. The second-order valence-electron chi connectivity index (χ2n) is 53.8. The van der Waals surface area contributed by atoms with Gasteiger partial charge in [0, 0.05) is 69.6 Å². The summed E-state index contributed by atoms with van der Waals surface area (Å²) in [6, 6.07) is 0.421. The van der Waals surface area contributed by atoms with Crippen LogP contribution < -0.4 is 20.9 Å². The molecule has 0 aliphatic carbocycles. The number of carbonyl (C=O) groups excluding carboxylic acids is 4. The van der Waals surface area contributed by atoms with Crippen LogP contribution in [0.1, 0.15) is 472 Å².